The zero-order valence-electron chi connectivity index (χ0n) is 13.0. The van der Waals surface area contributed by atoms with Gasteiger partial charge in [-0.3, -0.25) is 0 Å². The van der Waals surface area contributed by atoms with Crippen molar-refractivity contribution < 1.29 is 35.8 Å². The van der Waals surface area contributed by atoms with Gasteiger partial charge in [0.2, 0.25) is 5.72 Å². The van der Waals surface area contributed by atoms with Gasteiger partial charge in [0, 0.05) is 18.7 Å². The molecular weight excluding hydrogens is 365 g/mol. The van der Waals surface area contributed by atoms with Gasteiger partial charge in [-0.1, -0.05) is 4.98 Å². The second-order valence-electron chi connectivity index (χ2n) is 5.38. The third-order valence-corrected chi connectivity index (χ3v) is 4.19. The molecule has 2 unspecified atom stereocenters. The second kappa shape index (κ2) is 6.90. The lowest BCUT2D eigenvalue weighted by molar-refractivity contribution is -0.709. The van der Waals surface area contributed by atoms with Crippen LogP contribution in [-0.2, 0) is 10.5 Å². The summed E-state index contributed by atoms with van der Waals surface area (Å²) in [5.74, 6) is 0.337. The molecule has 0 saturated heterocycles. The number of nitrogens with zero attached hydrogens (tertiary/aromatic N) is 3. The molecule has 2 heterocycles. The van der Waals surface area contributed by atoms with Crippen LogP contribution in [0.4, 0.5) is 10.3 Å². The van der Waals surface area contributed by atoms with Crippen molar-refractivity contribution >= 4 is 5.95 Å². The fourth-order valence-corrected chi connectivity index (χ4v) is 3.00. The number of rotatable bonds is 4. The number of aromatic nitrogens is 2. The fraction of sp³-hybridized carbons (Fsp3) is 0.375. The van der Waals surface area contributed by atoms with Crippen molar-refractivity contribution in [2.45, 2.75) is 18.7 Å². The van der Waals surface area contributed by atoms with Gasteiger partial charge in [-0.25, -0.2) is 13.9 Å². The van der Waals surface area contributed by atoms with Crippen molar-refractivity contribution in [3.63, 3.8) is 0 Å². The first-order valence-electron chi connectivity index (χ1n) is 7.20. The van der Waals surface area contributed by atoms with Crippen LogP contribution in [0.25, 0.3) is 0 Å². The van der Waals surface area contributed by atoms with Gasteiger partial charge in [0.25, 0.3) is 0 Å². The third-order valence-electron chi connectivity index (χ3n) is 4.19. The summed E-state index contributed by atoms with van der Waals surface area (Å²) >= 11 is 0. The molecule has 1 aliphatic rings. The van der Waals surface area contributed by atoms with Gasteiger partial charge in [0.15, 0.2) is 0 Å². The maximum absolute atomic E-state index is 13.2. The standard InChI is InChI=1S/C16H19FN3O2.BrH/c1-12-16(21,13-4-6-14(17)7-5-13)20(10-11-22-2)15-18-8-3-9-19(12)15;/h3-9,12,21H,10-11H2,1-2H3;1H/q+1;/p-1. The average molecular weight is 384 g/mol. The molecule has 0 aliphatic carbocycles. The van der Waals surface area contributed by atoms with Crippen LogP contribution in [0.3, 0.4) is 0 Å². The van der Waals surface area contributed by atoms with E-state index < -0.39 is 5.72 Å². The van der Waals surface area contributed by atoms with E-state index in [0.717, 1.165) is 0 Å². The van der Waals surface area contributed by atoms with Crippen LogP contribution in [0, 0.1) is 5.82 Å². The van der Waals surface area contributed by atoms with Gasteiger partial charge >= 0.3 is 5.95 Å². The Bertz CT molecular complexity index is 671. The summed E-state index contributed by atoms with van der Waals surface area (Å²) in [7, 11) is 1.61. The van der Waals surface area contributed by atoms with E-state index >= 15 is 0 Å². The first kappa shape index (κ1) is 17.8. The zero-order chi connectivity index (χ0) is 15.7. The van der Waals surface area contributed by atoms with Crippen LogP contribution in [-0.4, -0.2) is 30.4 Å². The summed E-state index contributed by atoms with van der Waals surface area (Å²) in [5, 5.41) is 11.4. The van der Waals surface area contributed by atoms with Crippen LogP contribution in [0.15, 0.2) is 42.7 Å². The SMILES string of the molecule is COCCN1c2nccc[n+]2C(C)C1(O)c1ccc(F)cc1.[Br-]. The Hall–Kier alpha value is -1.57. The van der Waals surface area contributed by atoms with Crippen molar-refractivity contribution in [1.82, 2.24) is 4.98 Å². The summed E-state index contributed by atoms with van der Waals surface area (Å²) in [4.78, 5) is 6.18. The van der Waals surface area contributed by atoms with Gasteiger partial charge < -0.3 is 26.8 Å². The molecule has 0 saturated carbocycles. The van der Waals surface area contributed by atoms with E-state index in [1.807, 2.05) is 23.8 Å². The van der Waals surface area contributed by atoms with E-state index in [4.69, 9.17) is 4.74 Å². The second-order valence-corrected chi connectivity index (χ2v) is 5.38. The maximum atomic E-state index is 13.2. The molecule has 2 aromatic rings. The van der Waals surface area contributed by atoms with Crippen LogP contribution in [0.2, 0.25) is 0 Å². The Morgan fingerprint density at radius 1 is 1.39 bits per heavy atom. The predicted octanol–water partition coefficient (Wildman–Crippen LogP) is -1.62. The van der Waals surface area contributed by atoms with Crippen LogP contribution < -0.4 is 26.4 Å². The number of anilines is 1. The highest BCUT2D eigenvalue weighted by atomic mass is 79.9. The van der Waals surface area contributed by atoms with E-state index in [9.17, 15) is 9.50 Å². The smallest absolute Gasteiger partial charge is 0.397 e. The van der Waals surface area contributed by atoms with Crippen LogP contribution >= 0.6 is 0 Å². The number of methoxy groups -OCH3 is 1. The fourth-order valence-electron chi connectivity index (χ4n) is 3.00. The quantitative estimate of drug-likeness (QED) is 0.645. The lowest BCUT2D eigenvalue weighted by Crippen LogP contribution is -3.00. The van der Waals surface area contributed by atoms with Crippen molar-refractivity contribution in [3.05, 3.63) is 54.1 Å². The van der Waals surface area contributed by atoms with Crippen LogP contribution in [0.1, 0.15) is 18.5 Å². The van der Waals surface area contributed by atoms with Crippen LogP contribution in [0.5, 0.6) is 0 Å². The van der Waals surface area contributed by atoms with E-state index in [1.54, 1.807) is 30.3 Å². The first-order valence-corrected chi connectivity index (χ1v) is 7.20. The Kier molecular flexibility index (Phi) is 5.33. The predicted molar refractivity (Wildman–Crippen MR) is 78.7 cm³/mol. The van der Waals surface area contributed by atoms with Crippen molar-refractivity contribution in [2.24, 2.45) is 0 Å². The summed E-state index contributed by atoms with van der Waals surface area (Å²) in [6.07, 6.45) is 3.57. The molecule has 0 spiro atoms. The minimum Gasteiger partial charge on any atom is -1.00 e. The largest absolute Gasteiger partial charge is 1.00 e. The molecule has 0 amide bonds. The Labute approximate surface area is 145 Å². The molecule has 1 N–H and O–H groups in total. The minimum absolute atomic E-state index is 0. The number of benzene rings is 1. The molecule has 0 bridgehead atoms. The highest BCUT2D eigenvalue weighted by Gasteiger charge is 2.56. The van der Waals surface area contributed by atoms with Crippen molar-refractivity contribution in [3.8, 4) is 0 Å². The normalized spacial score (nSPS) is 22.6. The third kappa shape index (κ3) is 2.84. The topological polar surface area (TPSA) is 49.5 Å². The number of hydrogen-bond donors (Lipinski definition) is 1. The highest BCUT2D eigenvalue weighted by Crippen LogP contribution is 2.40. The molecule has 124 valence electrons. The van der Waals surface area contributed by atoms with E-state index in [0.29, 0.717) is 24.7 Å². The van der Waals surface area contributed by atoms with Crippen molar-refractivity contribution in [1.29, 1.82) is 0 Å². The number of fused-ring (bicyclic) bond motifs is 1. The number of halogens is 2. The summed E-state index contributed by atoms with van der Waals surface area (Å²) in [5.41, 5.74) is -0.670. The zero-order valence-corrected chi connectivity index (χ0v) is 14.6. The van der Waals surface area contributed by atoms with Gasteiger partial charge in [0.1, 0.15) is 18.1 Å². The molecule has 0 radical (unpaired) electrons. The minimum atomic E-state index is -1.30. The average Bonchev–Trinajstić information content (AvgIpc) is 2.76. The molecule has 5 nitrogen and oxygen atoms in total. The molecule has 2 atom stereocenters. The van der Waals surface area contributed by atoms with E-state index in [-0.39, 0.29) is 28.8 Å². The number of hydrogen-bond acceptors (Lipinski definition) is 4. The lowest BCUT2D eigenvalue weighted by Gasteiger charge is -2.31. The lowest BCUT2D eigenvalue weighted by atomic mass is 9.95. The molecule has 1 aliphatic heterocycles. The molecule has 23 heavy (non-hydrogen) atoms. The van der Waals surface area contributed by atoms with Gasteiger partial charge in [-0.2, -0.15) is 0 Å². The Morgan fingerprint density at radius 2 is 2.09 bits per heavy atom. The summed E-state index contributed by atoms with van der Waals surface area (Å²) < 4.78 is 20.3. The highest BCUT2D eigenvalue weighted by molar-refractivity contribution is 5.39. The molecular formula is C16H19BrFN3O2. The Balaban J connectivity index is 0.00000192. The summed E-state index contributed by atoms with van der Waals surface area (Å²) in [6, 6.07) is 7.49. The first-order chi connectivity index (χ1) is 10.6. The summed E-state index contributed by atoms with van der Waals surface area (Å²) in [6.45, 7) is 2.85. The molecule has 7 heteroatoms. The number of ether oxygens (including phenoxy) is 1. The van der Waals surface area contributed by atoms with Gasteiger partial charge in [0.05, 0.1) is 19.3 Å². The monoisotopic (exact) mass is 383 g/mol. The molecule has 1 aromatic heterocycles. The molecule has 3 rings (SSSR count). The molecule has 1 aromatic carbocycles. The molecule has 0 fully saturated rings. The van der Waals surface area contributed by atoms with Crippen molar-refractivity contribution in [2.75, 3.05) is 25.2 Å². The number of aliphatic hydroxyl groups is 1. The van der Waals surface area contributed by atoms with Gasteiger partial charge in [-0.15, -0.1) is 0 Å². The van der Waals surface area contributed by atoms with E-state index in [1.165, 1.54) is 12.1 Å². The maximum Gasteiger partial charge on any atom is 0.397 e. The van der Waals surface area contributed by atoms with E-state index in [2.05, 4.69) is 4.98 Å². The Morgan fingerprint density at radius 3 is 2.74 bits per heavy atom. The van der Waals surface area contributed by atoms with Gasteiger partial charge in [-0.05, 0) is 31.2 Å².